The van der Waals surface area contributed by atoms with E-state index in [0.29, 0.717) is 18.7 Å². The van der Waals surface area contributed by atoms with Crippen molar-refractivity contribution in [3.05, 3.63) is 15.6 Å². The van der Waals surface area contributed by atoms with Crippen LogP contribution in [0.3, 0.4) is 0 Å². The van der Waals surface area contributed by atoms with Gasteiger partial charge >= 0.3 is 0 Å². The van der Waals surface area contributed by atoms with Gasteiger partial charge in [0.2, 0.25) is 0 Å². The number of aryl methyl sites for hydroxylation is 2. The molecule has 4 heteroatoms. The molecule has 2 rings (SSSR count). The molecule has 1 aromatic rings. The molecule has 0 atom stereocenters. The predicted molar refractivity (Wildman–Crippen MR) is 70.3 cm³/mol. The maximum atomic E-state index is 12.4. The second-order valence-electron chi connectivity index (χ2n) is 5.04. The molecule has 1 aliphatic carbocycles. The van der Waals surface area contributed by atoms with Gasteiger partial charge in [-0.25, -0.2) is 4.98 Å². The molecular formula is C13H20N2OS. The number of carbonyl (C=O) groups is 1. The van der Waals surface area contributed by atoms with Gasteiger partial charge < -0.3 is 5.73 Å². The molecule has 1 aromatic heterocycles. The Morgan fingerprint density at radius 2 is 2.06 bits per heavy atom. The summed E-state index contributed by atoms with van der Waals surface area (Å²) in [6.45, 7) is 4.54. The van der Waals surface area contributed by atoms with Crippen molar-refractivity contribution in [2.45, 2.75) is 46.0 Å². The van der Waals surface area contributed by atoms with Gasteiger partial charge in [0.1, 0.15) is 10.8 Å². The Morgan fingerprint density at radius 3 is 2.53 bits per heavy atom. The lowest BCUT2D eigenvalue weighted by molar-refractivity contribution is -0.127. The van der Waals surface area contributed by atoms with Gasteiger partial charge in [-0.1, -0.05) is 12.8 Å². The predicted octanol–water partition coefficient (Wildman–Crippen LogP) is 2.39. The Hall–Kier alpha value is -0.740. The molecule has 0 aromatic carbocycles. The van der Waals surface area contributed by atoms with Crippen LogP contribution in [0.25, 0.3) is 0 Å². The molecule has 3 nitrogen and oxygen atoms in total. The normalized spacial score (nSPS) is 18.5. The Bertz CT molecular complexity index is 400. The highest BCUT2D eigenvalue weighted by atomic mass is 32.1. The quantitative estimate of drug-likeness (QED) is 0.895. The molecule has 0 aliphatic heterocycles. The zero-order chi connectivity index (χ0) is 12.5. The first-order chi connectivity index (χ1) is 8.07. The number of hydrogen-bond donors (Lipinski definition) is 1. The summed E-state index contributed by atoms with van der Waals surface area (Å²) in [5.74, 6) is 0.297. The topological polar surface area (TPSA) is 56.0 Å². The minimum Gasteiger partial charge on any atom is -0.329 e. The minimum atomic E-state index is -0.243. The number of ketones is 1. The van der Waals surface area contributed by atoms with Crippen LogP contribution in [0, 0.1) is 19.3 Å². The van der Waals surface area contributed by atoms with Crippen molar-refractivity contribution in [1.82, 2.24) is 4.98 Å². The van der Waals surface area contributed by atoms with Crippen LogP contribution in [-0.4, -0.2) is 17.3 Å². The fourth-order valence-corrected chi connectivity index (χ4v) is 3.52. The van der Waals surface area contributed by atoms with E-state index in [1.165, 1.54) is 4.88 Å². The summed E-state index contributed by atoms with van der Waals surface area (Å²) in [5, 5.41) is 0.949. The molecule has 1 fully saturated rings. The smallest absolute Gasteiger partial charge is 0.147 e. The van der Waals surface area contributed by atoms with Crippen LogP contribution < -0.4 is 5.73 Å². The number of Topliss-reactive ketones (excluding diaryl/α,β-unsaturated/α-hetero) is 1. The maximum absolute atomic E-state index is 12.4. The third-order valence-corrected chi connectivity index (χ3v) is 5.00. The van der Waals surface area contributed by atoms with E-state index in [4.69, 9.17) is 5.73 Å². The van der Waals surface area contributed by atoms with Crippen LogP contribution in [0.4, 0.5) is 0 Å². The Labute approximate surface area is 106 Å². The summed E-state index contributed by atoms with van der Waals surface area (Å²) >= 11 is 1.64. The minimum absolute atomic E-state index is 0.243. The Kier molecular flexibility index (Phi) is 3.64. The van der Waals surface area contributed by atoms with Crippen LogP contribution in [-0.2, 0) is 11.2 Å². The highest BCUT2D eigenvalue weighted by Crippen LogP contribution is 2.39. The molecule has 94 valence electrons. The zero-order valence-electron chi connectivity index (χ0n) is 10.6. The van der Waals surface area contributed by atoms with E-state index in [9.17, 15) is 4.79 Å². The molecule has 17 heavy (non-hydrogen) atoms. The lowest BCUT2D eigenvalue weighted by Crippen LogP contribution is -2.37. The van der Waals surface area contributed by atoms with Gasteiger partial charge in [0.25, 0.3) is 0 Å². The molecule has 0 bridgehead atoms. The van der Waals surface area contributed by atoms with Crippen molar-refractivity contribution in [3.8, 4) is 0 Å². The summed E-state index contributed by atoms with van der Waals surface area (Å²) in [6.07, 6.45) is 4.67. The molecule has 0 unspecified atom stereocenters. The van der Waals surface area contributed by atoms with Crippen LogP contribution in [0.2, 0.25) is 0 Å². The number of nitrogens with two attached hydrogens (primary N) is 1. The van der Waals surface area contributed by atoms with Crippen molar-refractivity contribution in [2.75, 3.05) is 6.54 Å². The monoisotopic (exact) mass is 252 g/mol. The standard InChI is InChI=1S/C13H20N2OS/c1-9-10(2)17-12(15-9)7-11(16)13(8-14)5-3-4-6-13/h3-8,14H2,1-2H3. The second-order valence-corrected chi connectivity index (χ2v) is 6.33. The number of nitrogens with zero attached hydrogens (tertiary/aromatic N) is 1. The van der Waals surface area contributed by atoms with E-state index in [2.05, 4.69) is 11.9 Å². The summed E-state index contributed by atoms with van der Waals surface area (Å²) < 4.78 is 0. The number of thiazole rings is 1. The van der Waals surface area contributed by atoms with E-state index >= 15 is 0 Å². The number of carbonyl (C=O) groups excluding carboxylic acids is 1. The zero-order valence-corrected chi connectivity index (χ0v) is 11.4. The number of hydrogen-bond acceptors (Lipinski definition) is 4. The number of aromatic nitrogens is 1. The highest BCUT2D eigenvalue weighted by molar-refractivity contribution is 7.11. The van der Waals surface area contributed by atoms with Crippen LogP contribution >= 0.6 is 11.3 Å². The third kappa shape index (κ3) is 2.43. The highest BCUT2D eigenvalue weighted by Gasteiger charge is 2.39. The molecular weight excluding hydrogens is 232 g/mol. The van der Waals surface area contributed by atoms with Crippen molar-refractivity contribution >= 4 is 17.1 Å². The molecule has 0 saturated heterocycles. The molecule has 0 spiro atoms. The summed E-state index contributed by atoms with van der Waals surface area (Å²) in [4.78, 5) is 18.0. The SMILES string of the molecule is Cc1nc(CC(=O)C2(CN)CCCC2)sc1C. The van der Waals surface area contributed by atoms with Gasteiger partial charge in [-0.15, -0.1) is 11.3 Å². The van der Waals surface area contributed by atoms with Gasteiger partial charge in [-0.05, 0) is 26.7 Å². The van der Waals surface area contributed by atoms with Crippen molar-refractivity contribution in [1.29, 1.82) is 0 Å². The van der Waals surface area contributed by atoms with E-state index in [0.717, 1.165) is 36.4 Å². The Balaban J connectivity index is 2.10. The van der Waals surface area contributed by atoms with E-state index in [-0.39, 0.29) is 5.41 Å². The summed E-state index contributed by atoms with van der Waals surface area (Å²) in [5.41, 5.74) is 6.63. The van der Waals surface area contributed by atoms with Crippen molar-refractivity contribution in [3.63, 3.8) is 0 Å². The van der Waals surface area contributed by atoms with Gasteiger partial charge in [0.15, 0.2) is 0 Å². The van der Waals surface area contributed by atoms with Crippen molar-refractivity contribution in [2.24, 2.45) is 11.1 Å². The lowest BCUT2D eigenvalue weighted by Gasteiger charge is -2.24. The first kappa shape index (κ1) is 12.7. The first-order valence-corrected chi connectivity index (χ1v) is 7.05. The fourth-order valence-electron chi connectivity index (χ4n) is 2.59. The van der Waals surface area contributed by atoms with Gasteiger partial charge in [-0.2, -0.15) is 0 Å². The van der Waals surface area contributed by atoms with Gasteiger partial charge in [0.05, 0.1) is 12.1 Å². The maximum Gasteiger partial charge on any atom is 0.147 e. The van der Waals surface area contributed by atoms with E-state index in [1.54, 1.807) is 11.3 Å². The van der Waals surface area contributed by atoms with Crippen LogP contribution in [0.5, 0.6) is 0 Å². The molecule has 1 saturated carbocycles. The molecule has 2 N–H and O–H groups in total. The van der Waals surface area contributed by atoms with Crippen LogP contribution in [0.15, 0.2) is 0 Å². The lowest BCUT2D eigenvalue weighted by atomic mass is 9.80. The van der Waals surface area contributed by atoms with Gasteiger partial charge in [-0.3, -0.25) is 4.79 Å². The molecule has 1 aliphatic rings. The molecule has 1 heterocycles. The van der Waals surface area contributed by atoms with E-state index < -0.39 is 0 Å². The third-order valence-electron chi connectivity index (χ3n) is 3.93. The fraction of sp³-hybridized carbons (Fsp3) is 0.692. The summed E-state index contributed by atoms with van der Waals surface area (Å²) in [7, 11) is 0. The van der Waals surface area contributed by atoms with E-state index in [1.807, 2.05) is 6.92 Å². The first-order valence-electron chi connectivity index (χ1n) is 6.24. The molecule has 0 radical (unpaired) electrons. The van der Waals surface area contributed by atoms with Gasteiger partial charge in [0, 0.05) is 16.8 Å². The largest absolute Gasteiger partial charge is 0.329 e. The number of rotatable bonds is 4. The molecule has 0 amide bonds. The average molecular weight is 252 g/mol. The average Bonchev–Trinajstić information content (AvgIpc) is 2.88. The van der Waals surface area contributed by atoms with Crippen LogP contribution in [0.1, 0.15) is 41.3 Å². The Morgan fingerprint density at radius 1 is 1.41 bits per heavy atom. The van der Waals surface area contributed by atoms with Crippen molar-refractivity contribution < 1.29 is 4.79 Å². The second kappa shape index (κ2) is 4.86. The summed E-state index contributed by atoms with van der Waals surface area (Å²) in [6, 6.07) is 0.